The molecule has 1 aromatic carbocycles. The second kappa shape index (κ2) is 10.3. The standard InChI is InChI=1S/C24H29N7O5S/c1-4-36-23(33)30-15-11-24(10-13-25,12-16-30)31-19-9-14-26-22(32)20(19)21(28-31)27-17-5-7-18(8-6-17)37(34,35)29(2)3/h5-9,14,20H,4,10-12,15-16H2,1-3H3,(H,27,28). The van der Waals surface area contributed by atoms with Gasteiger partial charge in [-0.25, -0.2) is 27.5 Å². The maximum absolute atomic E-state index is 12.8. The van der Waals surface area contributed by atoms with Crippen molar-refractivity contribution in [3.8, 4) is 6.07 Å². The molecule has 0 aliphatic carbocycles. The number of hydrogen-bond acceptors (Lipinski definition) is 8. The molecule has 13 heteroatoms. The quantitative estimate of drug-likeness (QED) is 0.589. The zero-order valence-electron chi connectivity index (χ0n) is 20.9. The van der Waals surface area contributed by atoms with Crippen molar-refractivity contribution in [1.29, 1.82) is 5.26 Å². The number of ether oxygens (including phenoxy) is 1. The van der Waals surface area contributed by atoms with E-state index in [2.05, 4.69) is 21.5 Å². The summed E-state index contributed by atoms with van der Waals surface area (Å²) in [6.45, 7) is 2.82. The Morgan fingerprint density at radius 1 is 1.30 bits per heavy atom. The second-order valence-electron chi connectivity index (χ2n) is 9.11. The van der Waals surface area contributed by atoms with Crippen LogP contribution in [0.4, 0.5) is 10.5 Å². The zero-order valence-corrected chi connectivity index (χ0v) is 21.7. The summed E-state index contributed by atoms with van der Waals surface area (Å²) in [7, 11) is -0.677. The number of dihydropyridines is 1. The number of aliphatic imine (C=N–C) groups is 2. The molecule has 1 N–H and O–H groups in total. The summed E-state index contributed by atoms with van der Waals surface area (Å²) in [4.78, 5) is 35.3. The maximum atomic E-state index is 12.8. The number of rotatable bonds is 6. The number of benzene rings is 1. The SMILES string of the molecule is CCOC(=O)N1CCC(CC#N)(N2NC(=Nc3ccc(S(=O)(=O)N(C)C)cc3)C3C(=O)N=CC=C32)CC1. The number of carbonyl (C=O) groups excluding carboxylic acids is 2. The van der Waals surface area contributed by atoms with Gasteiger partial charge in [0, 0.05) is 33.4 Å². The van der Waals surface area contributed by atoms with E-state index in [-0.39, 0.29) is 24.0 Å². The lowest BCUT2D eigenvalue weighted by Crippen LogP contribution is -2.58. The Hall–Kier alpha value is -3.76. The molecule has 196 valence electrons. The van der Waals surface area contributed by atoms with Gasteiger partial charge in [0.2, 0.25) is 10.0 Å². The van der Waals surface area contributed by atoms with E-state index in [4.69, 9.17) is 4.74 Å². The maximum Gasteiger partial charge on any atom is 0.409 e. The van der Waals surface area contributed by atoms with E-state index in [1.165, 1.54) is 32.4 Å². The average molecular weight is 528 g/mol. The summed E-state index contributed by atoms with van der Waals surface area (Å²) < 4.78 is 31.0. The third-order valence-corrected chi connectivity index (χ3v) is 8.54. The van der Waals surface area contributed by atoms with Crippen LogP contribution in [0.25, 0.3) is 0 Å². The van der Waals surface area contributed by atoms with Gasteiger partial charge in [-0.2, -0.15) is 5.26 Å². The van der Waals surface area contributed by atoms with Crippen LogP contribution in [0.5, 0.6) is 0 Å². The van der Waals surface area contributed by atoms with Gasteiger partial charge in [0.15, 0.2) is 0 Å². The third kappa shape index (κ3) is 4.94. The first kappa shape index (κ1) is 26.3. The molecule has 2 fully saturated rings. The monoisotopic (exact) mass is 527 g/mol. The van der Waals surface area contributed by atoms with Crippen LogP contribution in [0.1, 0.15) is 26.2 Å². The number of nitrogens with one attached hydrogen (secondary N) is 1. The van der Waals surface area contributed by atoms with Crippen LogP contribution >= 0.6 is 0 Å². The molecule has 1 unspecified atom stereocenters. The number of carbonyl (C=O) groups is 2. The van der Waals surface area contributed by atoms with E-state index in [1.807, 2.05) is 5.01 Å². The van der Waals surface area contributed by atoms with Gasteiger partial charge in [0.05, 0.1) is 40.9 Å². The predicted molar refractivity (Wildman–Crippen MR) is 135 cm³/mol. The number of hydrogen-bond donors (Lipinski definition) is 1. The highest BCUT2D eigenvalue weighted by Crippen LogP contribution is 2.40. The Morgan fingerprint density at radius 3 is 2.57 bits per heavy atom. The first-order valence-corrected chi connectivity index (χ1v) is 13.3. The van der Waals surface area contributed by atoms with E-state index >= 15 is 0 Å². The number of piperidine rings is 1. The molecule has 0 spiro atoms. The molecule has 0 bridgehead atoms. The molecular weight excluding hydrogens is 498 g/mol. The van der Waals surface area contributed by atoms with Crippen molar-refractivity contribution < 1.29 is 22.7 Å². The summed E-state index contributed by atoms with van der Waals surface area (Å²) in [5.74, 6) is -0.843. The van der Waals surface area contributed by atoms with Crippen LogP contribution in [0, 0.1) is 17.2 Å². The van der Waals surface area contributed by atoms with E-state index in [1.54, 1.807) is 30.0 Å². The van der Waals surface area contributed by atoms with E-state index in [0.717, 1.165) is 4.31 Å². The number of amides is 2. The Kier molecular flexibility index (Phi) is 7.33. The highest BCUT2D eigenvalue weighted by molar-refractivity contribution is 7.89. The first-order chi connectivity index (χ1) is 17.6. The molecule has 37 heavy (non-hydrogen) atoms. The number of nitrogens with zero attached hydrogens (tertiary/aromatic N) is 6. The molecule has 3 aliphatic rings. The lowest BCUT2D eigenvalue weighted by Gasteiger charge is -2.47. The number of nitriles is 1. The molecule has 1 atom stereocenters. The average Bonchev–Trinajstić information content (AvgIpc) is 3.25. The topological polar surface area (TPSA) is 148 Å². The fourth-order valence-corrected chi connectivity index (χ4v) is 5.56. The van der Waals surface area contributed by atoms with Crippen LogP contribution in [0.3, 0.4) is 0 Å². The molecule has 2 amide bonds. The molecule has 0 aromatic heterocycles. The summed E-state index contributed by atoms with van der Waals surface area (Å²) in [6, 6.07) is 8.31. The minimum absolute atomic E-state index is 0.128. The number of hydrazine groups is 1. The van der Waals surface area contributed by atoms with Gasteiger partial charge in [-0.05, 0) is 50.1 Å². The van der Waals surface area contributed by atoms with Gasteiger partial charge in [-0.1, -0.05) is 0 Å². The highest BCUT2D eigenvalue weighted by atomic mass is 32.2. The van der Waals surface area contributed by atoms with Crippen molar-refractivity contribution >= 4 is 39.8 Å². The van der Waals surface area contributed by atoms with Crippen LogP contribution in [0.2, 0.25) is 0 Å². The Bertz CT molecular complexity index is 1300. The van der Waals surface area contributed by atoms with Crippen molar-refractivity contribution in [2.45, 2.75) is 36.6 Å². The van der Waals surface area contributed by atoms with Gasteiger partial charge >= 0.3 is 6.09 Å². The fraction of sp³-hybridized carbons (Fsp3) is 0.458. The molecule has 0 saturated carbocycles. The van der Waals surface area contributed by atoms with Crippen molar-refractivity contribution in [3.05, 3.63) is 36.0 Å². The zero-order chi connectivity index (χ0) is 26.8. The lowest BCUT2D eigenvalue weighted by atomic mass is 9.83. The number of amidine groups is 1. The highest BCUT2D eigenvalue weighted by Gasteiger charge is 2.50. The number of likely N-dealkylation sites (tertiary alicyclic amines) is 1. The van der Waals surface area contributed by atoms with Gasteiger partial charge in [-0.15, -0.1) is 0 Å². The summed E-state index contributed by atoms with van der Waals surface area (Å²) in [5.41, 5.74) is 3.64. The predicted octanol–water partition coefficient (Wildman–Crippen LogP) is 1.80. The second-order valence-corrected chi connectivity index (χ2v) is 11.3. The van der Waals surface area contributed by atoms with Crippen molar-refractivity contribution in [2.24, 2.45) is 15.9 Å². The molecule has 12 nitrogen and oxygen atoms in total. The third-order valence-electron chi connectivity index (χ3n) is 6.72. The van der Waals surface area contributed by atoms with Crippen LogP contribution in [-0.2, 0) is 19.6 Å². The Labute approximate surface area is 215 Å². The van der Waals surface area contributed by atoms with Crippen molar-refractivity contribution in [2.75, 3.05) is 33.8 Å². The number of allylic oxidation sites excluding steroid dienone is 1. The van der Waals surface area contributed by atoms with Crippen LogP contribution in [-0.4, -0.2) is 86.0 Å². The Morgan fingerprint density at radius 2 is 1.97 bits per heavy atom. The van der Waals surface area contributed by atoms with Crippen LogP contribution in [0.15, 0.2) is 50.9 Å². The molecule has 4 rings (SSSR count). The summed E-state index contributed by atoms with van der Waals surface area (Å²) >= 11 is 0. The molecule has 1 aromatic rings. The number of fused-ring (bicyclic) bond motifs is 1. The van der Waals surface area contributed by atoms with Gasteiger partial charge in [-0.3, -0.25) is 15.2 Å². The normalized spacial score (nSPS) is 21.9. The molecule has 3 heterocycles. The van der Waals surface area contributed by atoms with E-state index in [0.29, 0.717) is 43.2 Å². The largest absolute Gasteiger partial charge is 0.450 e. The van der Waals surface area contributed by atoms with Crippen LogP contribution < -0.4 is 5.43 Å². The van der Waals surface area contributed by atoms with Crippen molar-refractivity contribution in [1.82, 2.24) is 19.6 Å². The van der Waals surface area contributed by atoms with E-state index < -0.39 is 27.4 Å². The van der Waals surface area contributed by atoms with Crippen molar-refractivity contribution in [3.63, 3.8) is 0 Å². The molecular formula is C24H29N7O5S. The Balaban J connectivity index is 1.64. The lowest BCUT2D eigenvalue weighted by molar-refractivity contribution is -0.119. The van der Waals surface area contributed by atoms with E-state index in [9.17, 15) is 23.3 Å². The fourth-order valence-electron chi connectivity index (χ4n) is 4.66. The van der Waals surface area contributed by atoms with Gasteiger partial charge < -0.3 is 9.64 Å². The minimum Gasteiger partial charge on any atom is -0.450 e. The van der Waals surface area contributed by atoms with Gasteiger partial charge in [0.1, 0.15) is 11.8 Å². The molecule has 0 radical (unpaired) electrons. The summed E-state index contributed by atoms with van der Waals surface area (Å²) in [6.07, 6.45) is 3.89. The smallest absolute Gasteiger partial charge is 0.409 e. The molecule has 3 aliphatic heterocycles. The van der Waals surface area contributed by atoms with Gasteiger partial charge in [0.25, 0.3) is 5.91 Å². The minimum atomic E-state index is -3.59. The molecule has 2 saturated heterocycles. The summed E-state index contributed by atoms with van der Waals surface area (Å²) in [5, 5.41) is 11.5. The first-order valence-electron chi connectivity index (χ1n) is 11.9. The number of sulfonamides is 1.